The Labute approximate surface area is 168 Å². The van der Waals surface area contributed by atoms with Crippen molar-refractivity contribution in [3.63, 3.8) is 0 Å². The van der Waals surface area contributed by atoms with Crippen LogP contribution in [0.25, 0.3) is 10.9 Å². The number of H-pyrrole nitrogens is 1. The monoisotopic (exact) mass is 393 g/mol. The molecule has 0 saturated carbocycles. The molecular weight excluding hydrogens is 370 g/mol. The number of anilines is 1. The highest BCUT2D eigenvalue weighted by atomic mass is 16.5. The van der Waals surface area contributed by atoms with Gasteiger partial charge in [0.1, 0.15) is 5.69 Å². The van der Waals surface area contributed by atoms with Crippen molar-refractivity contribution in [2.75, 3.05) is 32.6 Å². The smallest absolute Gasteiger partial charge is 0.272 e. The van der Waals surface area contributed by atoms with Gasteiger partial charge in [-0.2, -0.15) is 0 Å². The summed E-state index contributed by atoms with van der Waals surface area (Å²) in [5.74, 6) is 0.426. The number of nitrogens with zero attached hydrogens (tertiary/aromatic N) is 1. The van der Waals surface area contributed by atoms with Gasteiger partial charge in [0.05, 0.1) is 25.5 Å². The number of hydrogen-bond acceptors (Lipinski definition) is 4. The Bertz CT molecular complexity index is 1030. The summed E-state index contributed by atoms with van der Waals surface area (Å²) in [5.41, 5.74) is 2.07. The van der Waals surface area contributed by atoms with Crippen LogP contribution in [0.3, 0.4) is 0 Å². The molecular formula is C22H23N3O4. The highest BCUT2D eigenvalue weighted by molar-refractivity contribution is 6.10. The quantitative estimate of drug-likeness (QED) is 0.693. The van der Waals surface area contributed by atoms with Crippen LogP contribution in [-0.4, -0.2) is 49.0 Å². The van der Waals surface area contributed by atoms with Gasteiger partial charge in [-0.25, -0.2) is 0 Å². The Morgan fingerprint density at radius 1 is 1.00 bits per heavy atom. The molecule has 4 rings (SSSR count). The van der Waals surface area contributed by atoms with E-state index in [9.17, 15) is 9.59 Å². The number of methoxy groups -OCH3 is 2. The molecule has 3 aromatic rings. The zero-order valence-electron chi connectivity index (χ0n) is 16.5. The summed E-state index contributed by atoms with van der Waals surface area (Å²) in [6, 6.07) is 12.7. The molecule has 29 heavy (non-hydrogen) atoms. The minimum Gasteiger partial charge on any atom is -0.493 e. The van der Waals surface area contributed by atoms with Gasteiger partial charge >= 0.3 is 0 Å². The van der Waals surface area contributed by atoms with Crippen molar-refractivity contribution in [2.45, 2.75) is 12.8 Å². The number of amides is 2. The fourth-order valence-corrected chi connectivity index (χ4v) is 3.64. The average molecular weight is 393 g/mol. The van der Waals surface area contributed by atoms with Crippen LogP contribution in [0.15, 0.2) is 42.5 Å². The summed E-state index contributed by atoms with van der Waals surface area (Å²) < 4.78 is 10.7. The number of rotatable bonds is 5. The minimum atomic E-state index is -0.330. The van der Waals surface area contributed by atoms with Gasteiger partial charge in [0.25, 0.3) is 11.8 Å². The minimum absolute atomic E-state index is 0.129. The van der Waals surface area contributed by atoms with Crippen LogP contribution >= 0.6 is 0 Å². The maximum atomic E-state index is 13.1. The number of carbonyl (C=O) groups excluding carboxylic acids is 2. The molecule has 2 heterocycles. The normalized spacial score (nSPS) is 13.5. The van der Waals surface area contributed by atoms with Crippen LogP contribution < -0.4 is 14.8 Å². The Kier molecular flexibility index (Phi) is 5.12. The molecule has 150 valence electrons. The van der Waals surface area contributed by atoms with Crippen LogP contribution in [0.2, 0.25) is 0 Å². The number of likely N-dealkylation sites (tertiary alicyclic amines) is 1. The maximum absolute atomic E-state index is 13.1. The Hall–Kier alpha value is -3.48. The molecule has 0 atom stereocenters. The predicted octanol–water partition coefficient (Wildman–Crippen LogP) is 3.67. The van der Waals surface area contributed by atoms with Gasteiger partial charge in [-0.3, -0.25) is 9.59 Å². The number of fused-ring (bicyclic) bond motifs is 1. The van der Waals surface area contributed by atoms with Gasteiger partial charge in [0.2, 0.25) is 0 Å². The fraction of sp³-hybridized carbons (Fsp3) is 0.273. The molecule has 2 amide bonds. The molecule has 2 aromatic carbocycles. The average Bonchev–Trinajstić information content (AvgIpc) is 3.42. The second-order valence-electron chi connectivity index (χ2n) is 6.98. The maximum Gasteiger partial charge on any atom is 0.272 e. The number of nitrogens with one attached hydrogen (secondary N) is 2. The number of benzene rings is 2. The second-order valence-corrected chi connectivity index (χ2v) is 6.98. The molecule has 1 aromatic heterocycles. The van der Waals surface area contributed by atoms with E-state index in [0.717, 1.165) is 23.7 Å². The zero-order valence-corrected chi connectivity index (χ0v) is 16.5. The first-order valence-electron chi connectivity index (χ1n) is 9.55. The molecule has 1 saturated heterocycles. The largest absolute Gasteiger partial charge is 0.493 e. The van der Waals surface area contributed by atoms with E-state index in [-0.39, 0.29) is 11.8 Å². The number of hydrogen-bond donors (Lipinski definition) is 2. The number of para-hydroxylation sites is 1. The highest BCUT2D eigenvalue weighted by Gasteiger charge is 2.25. The van der Waals surface area contributed by atoms with Gasteiger partial charge in [-0.1, -0.05) is 18.2 Å². The van der Waals surface area contributed by atoms with Crippen molar-refractivity contribution >= 4 is 28.4 Å². The lowest BCUT2D eigenvalue weighted by Gasteiger charge is -2.20. The fourth-order valence-electron chi connectivity index (χ4n) is 3.64. The SMILES string of the molecule is COc1cc(NC(=O)c2cc3ccccc3[nH]2)c(C(=O)N2CCCC2)cc1OC. The molecule has 0 aliphatic carbocycles. The molecule has 0 unspecified atom stereocenters. The molecule has 2 N–H and O–H groups in total. The Balaban J connectivity index is 1.70. The lowest BCUT2D eigenvalue weighted by atomic mass is 10.1. The van der Waals surface area contributed by atoms with Crippen LogP contribution in [0.4, 0.5) is 5.69 Å². The first-order valence-corrected chi connectivity index (χ1v) is 9.55. The van der Waals surface area contributed by atoms with Gasteiger partial charge in [0.15, 0.2) is 11.5 Å². The number of ether oxygens (including phenoxy) is 2. The summed E-state index contributed by atoms with van der Waals surface area (Å²) in [4.78, 5) is 30.9. The summed E-state index contributed by atoms with van der Waals surface area (Å²) in [6.45, 7) is 1.42. The molecule has 7 heteroatoms. The van der Waals surface area contributed by atoms with E-state index in [1.165, 1.54) is 14.2 Å². The van der Waals surface area contributed by atoms with Gasteiger partial charge in [-0.15, -0.1) is 0 Å². The lowest BCUT2D eigenvalue weighted by Crippen LogP contribution is -2.29. The molecule has 0 radical (unpaired) electrons. The molecule has 0 spiro atoms. The van der Waals surface area contributed by atoms with E-state index in [0.29, 0.717) is 41.5 Å². The summed E-state index contributed by atoms with van der Waals surface area (Å²) in [5, 5.41) is 3.81. The van der Waals surface area contributed by atoms with Crippen LogP contribution in [0, 0.1) is 0 Å². The molecule has 7 nitrogen and oxygen atoms in total. The summed E-state index contributed by atoms with van der Waals surface area (Å²) in [7, 11) is 3.04. The van der Waals surface area contributed by atoms with Crippen LogP contribution in [-0.2, 0) is 0 Å². The molecule has 0 bridgehead atoms. The molecule has 1 aliphatic heterocycles. The van der Waals surface area contributed by atoms with E-state index < -0.39 is 0 Å². The summed E-state index contributed by atoms with van der Waals surface area (Å²) in [6.07, 6.45) is 1.96. The van der Waals surface area contributed by atoms with E-state index in [4.69, 9.17) is 9.47 Å². The van der Waals surface area contributed by atoms with Crippen molar-refractivity contribution in [1.82, 2.24) is 9.88 Å². The highest BCUT2D eigenvalue weighted by Crippen LogP contribution is 2.34. The van der Waals surface area contributed by atoms with Crippen molar-refractivity contribution < 1.29 is 19.1 Å². The van der Waals surface area contributed by atoms with Gasteiger partial charge < -0.3 is 24.7 Å². The van der Waals surface area contributed by atoms with Crippen molar-refractivity contribution in [2.24, 2.45) is 0 Å². The van der Waals surface area contributed by atoms with Crippen molar-refractivity contribution in [3.8, 4) is 11.5 Å². The molecule has 1 aliphatic rings. The van der Waals surface area contributed by atoms with Crippen LogP contribution in [0.1, 0.15) is 33.7 Å². The Morgan fingerprint density at radius 2 is 1.69 bits per heavy atom. The predicted molar refractivity (Wildman–Crippen MR) is 111 cm³/mol. The van der Waals surface area contributed by atoms with Crippen molar-refractivity contribution in [3.05, 3.63) is 53.7 Å². The van der Waals surface area contributed by atoms with Gasteiger partial charge in [0, 0.05) is 30.1 Å². The number of carbonyl (C=O) groups is 2. The lowest BCUT2D eigenvalue weighted by molar-refractivity contribution is 0.0793. The topological polar surface area (TPSA) is 83.7 Å². The molecule has 1 fully saturated rings. The second kappa shape index (κ2) is 7.87. The number of aromatic amines is 1. The van der Waals surface area contributed by atoms with E-state index in [1.807, 2.05) is 24.3 Å². The standard InChI is InChI=1S/C22H23N3O4/c1-28-19-12-15(22(27)25-9-5-6-10-25)17(13-20(19)29-2)24-21(26)18-11-14-7-3-4-8-16(14)23-18/h3-4,7-8,11-13,23H,5-6,9-10H2,1-2H3,(H,24,26). The van der Waals surface area contributed by atoms with Gasteiger partial charge in [-0.05, 0) is 31.0 Å². The third kappa shape index (κ3) is 3.63. The third-order valence-electron chi connectivity index (χ3n) is 5.17. The third-order valence-corrected chi connectivity index (χ3v) is 5.17. The van der Waals surface area contributed by atoms with E-state index >= 15 is 0 Å². The van der Waals surface area contributed by atoms with Crippen molar-refractivity contribution in [1.29, 1.82) is 0 Å². The summed E-state index contributed by atoms with van der Waals surface area (Å²) >= 11 is 0. The zero-order chi connectivity index (χ0) is 20.4. The van der Waals surface area contributed by atoms with E-state index in [2.05, 4.69) is 10.3 Å². The van der Waals surface area contributed by atoms with E-state index in [1.54, 1.807) is 23.1 Å². The number of aromatic nitrogens is 1. The Morgan fingerprint density at radius 3 is 2.38 bits per heavy atom. The van der Waals surface area contributed by atoms with Crippen LogP contribution in [0.5, 0.6) is 11.5 Å². The first kappa shape index (κ1) is 18.9. The first-order chi connectivity index (χ1) is 14.1.